The Labute approximate surface area is 139 Å². The number of pyridine rings is 1. The lowest BCUT2D eigenvalue weighted by molar-refractivity contribution is -0.139. The quantitative estimate of drug-likeness (QED) is 0.463. The van der Waals surface area contributed by atoms with Gasteiger partial charge in [-0.2, -0.15) is 13.2 Å². The van der Waals surface area contributed by atoms with Crippen molar-refractivity contribution >= 4 is 33.3 Å². The van der Waals surface area contributed by atoms with Crippen LogP contribution in [0.3, 0.4) is 0 Å². The first-order valence-electron chi connectivity index (χ1n) is 7.42. The van der Waals surface area contributed by atoms with Crippen molar-refractivity contribution in [3.63, 3.8) is 0 Å². The minimum Gasteiger partial charge on any atom is -0.361 e. The van der Waals surface area contributed by atoms with Gasteiger partial charge in [-0.3, -0.25) is 0 Å². The fourth-order valence-corrected chi connectivity index (χ4v) is 2.70. The molecule has 0 saturated heterocycles. The summed E-state index contributed by atoms with van der Waals surface area (Å²) in [5.41, 5.74) is 0.407. The second-order valence-corrected chi connectivity index (χ2v) is 5.62. The number of hydrogen-bond donors (Lipinski definition) is 2. The summed E-state index contributed by atoms with van der Waals surface area (Å²) in [6.45, 7) is 0. The van der Waals surface area contributed by atoms with Gasteiger partial charge < -0.3 is 10.3 Å². The summed E-state index contributed by atoms with van der Waals surface area (Å²) in [6.07, 6.45) is -2.95. The van der Waals surface area contributed by atoms with E-state index in [0.717, 1.165) is 28.7 Å². The fraction of sp³-hybridized carbons (Fsp3) is 0.0556. The zero-order chi connectivity index (χ0) is 17.6. The number of anilines is 2. The van der Waals surface area contributed by atoms with E-state index in [2.05, 4.69) is 15.3 Å². The summed E-state index contributed by atoms with van der Waals surface area (Å²) in [5.74, 6) is -0.933. The van der Waals surface area contributed by atoms with Crippen molar-refractivity contribution in [3.05, 3.63) is 66.1 Å². The molecule has 0 saturated carbocycles. The van der Waals surface area contributed by atoms with Gasteiger partial charge in [0.05, 0.1) is 11.1 Å². The molecule has 0 amide bonds. The summed E-state index contributed by atoms with van der Waals surface area (Å²) >= 11 is 0. The van der Waals surface area contributed by atoms with Crippen molar-refractivity contribution in [1.82, 2.24) is 9.97 Å². The van der Waals surface area contributed by atoms with Gasteiger partial charge >= 0.3 is 6.18 Å². The molecule has 2 aromatic carbocycles. The second kappa shape index (κ2) is 5.47. The molecular weight excluding hydrogens is 334 g/mol. The SMILES string of the molecule is Fc1cc2ccc(Nc3ccc4cc[nH]c4c3)nc2cc1C(F)(F)F. The van der Waals surface area contributed by atoms with Crippen molar-refractivity contribution in [2.75, 3.05) is 5.32 Å². The molecule has 0 radical (unpaired) electrons. The highest BCUT2D eigenvalue weighted by molar-refractivity contribution is 5.85. The number of nitrogens with zero attached hydrogens (tertiary/aromatic N) is 1. The first-order chi connectivity index (χ1) is 11.9. The largest absolute Gasteiger partial charge is 0.419 e. The van der Waals surface area contributed by atoms with Crippen LogP contribution in [0.1, 0.15) is 5.56 Å². The molecule has 0 unspecified atom stereocenters. The minimum absolute atomic E-state index is 0.0691. The van der Waals surface area contributed by atoms with Gasteiger partial charge in [0.15, 0.2) is 0 Å². The molecule has 4 aromatic rings. The number of benzene rings is 2. The lowest BCUT2D eigenvalue weighted by atomic mass is 10.1. The Morgan fingerprint density at radius 1 is 0.920 bits per heavy atom. The van der Waals surface area contributed by atoms with Crippen molar-refractivity contribution in [2.24, 2.45) is 0 Å². The molecule has 7 heteroatoms. The van der Waals surface area contributed by atoms with Gasteiger partial charge in [0, 0.05) is 22.8 Å². The summed E-state index contributed by atoms with van der Waals surface area (Å²) in [7, 11) is 0. The number of aromatic nitrogens is 2. The molecule has 0 spiro atoms. The average molecular weight is 345 g/mol. The maximum Gasteiger partial charge on any atom is 0.419 e. The number of halogens is 4. The van der Waals surface area contributed by atoms with Gasteiger partial charge in [0.2, 0.25) is 0 Å². The van der Waals surface area contributed by atoms with Gasteiger partial charge in [-0.25, -0.2) is 9.37 Å². The van der Waals surface area contributed by atoms with Gasteiger partial charge in [0.1, 0.15) is 11.6 Å². The molecule has 0 bridgehead atoms. The third kappa shape index (κ3) is 2.88. The van der Waals surface area contributed by atoms with Crippen LogP contribution in [0.15, 0.2) is 54.7 Å². The molecule has 2 aromatic heterocycles. The molecule has 4 rings (SSSR count). The monoisotopic (exact) mass is 345 g/mol. The van der Waals surface area contributed by atoms with E-state index in [1.165, 1.54) is 6.07 Å². The van der Waals surface area contributed by atoms with E-state index >= 15 is 0 Å². The van der Waals surface area contributed by atoms with Crippen LogP contribution in [0.2, 0.25) is 0 Å². The number of aromatic amines is 1. The van der Waals surface area contributed by atoms with Crippen molar-refractivity contribution in [1.29, 1.82) is 0 Å². The maximum atomic E-state index is 13.6. The van der Waals surface area contributed by atoms with E-state index in [9.17, 15) is 17.6 Å². The lowest BCUT2D eigenvalue weighted by Gasteiger charge is -2.11. The number of alkyl halides is 3. The van der Waals surface area contributed by atoms with E-state index in [0.29, 0.717) is 11.2 Å². The molecular formula is C18H11F4N3. The van der Waals surface area contributed by atoms with Crippen molar-refractivity contribution in [2.45, 2.75) is 6.18 Å². The molecule has 2 N–H and O–H groups in total. The van der Waals surface area contributed by atoms with Gasteiger partial charge in [0.25, 0.3) is 0 Å². The lowest BCUT2D eigenvalue weighted by Crippen LogP contribution is -2.08. The van der Waals surface area contributed by atoms with Crippen LogP contribution in [0.4, 0.5) is 29.1 Å². The van der Waals surface area contributed by atoms with Crippen LogP contribution >= 0.6 is 0 Å². The van der Waals surface area contributed by atoms with Gasteiger partial charge in [-0.05, 0) is 47.9 Å². The summed E-state index contributed by atoms with van der Waals surface area (Å²) in [5, 5.41) is 4.39. The average Bonchev–Trinajstić information content (AvgIpc) is 3.01. The van der Waals surface area contributed by atoms with Gasteiger partial charge in [-0.15, -0.1) is 0 Å². The molecule has 25 heavy (non-hydrogen) atoms. The van der Waals surface area contributed by atoms with Crippen LogP contribution in [-0.2, 0) is 6.18 Å². The first-order valence-corrected chi connectivity index (χ1v) is 7.42. The highest BCUT2D eigenvalue weighted by Gasteiger charge is 2.34. The number of H-pyrrole nitrogens is 1. The molecule has 0 atom stereocenters. The third-order valence-corrected chi connectivity index (χ3v) is 3.91. The maximum absolute atomic E-state index is 13.6. The summed E-state index contributed by atoms with van der Waals surface area (Å²) in [4.78, 5) is 7.24. The Balaban J connectivity index is 1.73. The smallest absolute Gasteiger partial charge is 0.361 e. The minimum atomic E-state index is -4.76. The van der Waals surface area contributed by atoms with Gasteiger partial charge in [-0.1, -0.05) is 6.07 Å². The second-order valence-electron chi connectivity index (χ2n) is 5.62. The Morgan fingerprint density at radius 3 is 2.52 bits per heavy atom. The highest BCUT2D eigenvalue weighted by Crippen LogP contribution is 2.34. The van der Waals surface area contributed by atoms with E-state index in [1.54, 1.807) is 6.07 Å². The molecule has 0 fully saturated rings. The molecule has 0 aliphatic rings. The number of fused-ring (bicyclic) bond motifs is 2. The van der Waals surface area contributed by atoms with Crippen molar-refractivity contribution in [3.8, 4) is 0 Å². The normalized spacial score (nSPS) is 12.0. The summed E-state index contributed by atoms with van der Waals surface area (Å²) < 4.78 is 52.2. The molecule has 126 valence electrons. The standard InChI is InChI=1S/C18H11F4N3/c19-14-7-11-2-4-17(25-16(11)9-13(14)18(20,21)22)24-12-3-1-10-5-6-23-15(10)8-12/h1-9,23H,(H,24,25). The Hall–Kier alpha value is -3.09. The van der Waals surface area contributed by atoms with E-state index in [-0.39, 0.29) is 5.52 Å². The zero-order valence-electron chi connectivity index (χ0n) is 12.7. The van der Waals surface area contributed by atoms with E-state index in [4.69, 9.17) is 0 Å². The Morgan fingerprint density at radius 2 is 1.72 bits per heavy atom. The number of nitrogens with one attached hydrogen (secondary N) is 2. The highest BCUT2D eigenvalue weighted by atomic mass is 19.4. The molecule has 2 heterocycles. The van der Waals surface area contributed by atoms with Crippen LogP contribution in [0.5, 0.6) is 0 Å². The number of rotatable bonds is 2. The molecule has 3 nitrogen and oxygen atoms in total. The number of hydrogen-bond acceptors (Lipinski definition) is 2. The summed E-state index contributed by atoms with van der Waals surface area (Å²) in [6, 6.07) is 12.2. The van der Waals surface area contributed by atoms with Crippen molar-refractivity contribution < 1.29 is 17.6 Å². The Bertz CT molecular complexity index is 1080. The third-order valence-electron chi connectivity index (χ3n) is 3.91. The van der Waals surface area contributed by atoms with Crippen LogP contribution in [0.25, 0.3) is 21.8 Å². The predicted molar refractivity (Wildman–Crippen MR) is 88.3 cm³/mol. The van der Waals surface area contributed by atoms with Crippen LogP contribution < -0.4 is 5.32 Å². The fourth-order valence-electron chi connectivity index (χ4n) is 2.70. The van der Waals surface area contributed by atoms with Crippen LogP contribution in [0, 0.1) is 5.82 Å². The Kier molecular flexibility index (Phi) is 3.38. The van der Waals surface area contributed by atoms with E-state index in [1.807, 2.05) is 30.5 Å². The van der Waals surface area contributed by atoms with E-state index < -0.39 is 17.6 Å². The first kappa shape index (κ1) is 15.4. The predicted octanol–water partition coefficient (Wildman–Crippen LogP) is 5.62. The topological polar surface area (TPSA) is 40.7 Å². The molecule has 0 aliphatic heterocycles. The van der Waals surface area contributed by atoms with Crippen LogP contribution in [-0.4, -0.2) is 9.97 Å². The molecule has 0 aliphatic carbocycles. The zero-order valence-corrected chi connectivity index (χ0v) is 12.7.